The number of nitrogens with two attached hydrogens (primary N) is 1. The summed E-state index contributed by atoms with van der Waals surface area (Å²) in [6.45, 7) is 3.95. The Bertz CT molecular complexity index is 715. The molecule has 1 saturated carbocycles. The van der Waals surface area contributed by atoms with Crippen LogP contribution in [0.1, 0.15) is 43.9 Å². The summed E-state index contributed by atoms with van der Waals surface area (Å²) in [5, 5.41) is 16.7. The van der Waals surface area contributed by atoms with Gasteiger partial charge in [0.2, 0.25) is 11.8 Å². The topological polar surface area (TPSA) is 114 Å². The molecule has 1 aliphatic heterocycles. The van der Waals surface area contributed by atoms with Crippen LogP contribution in [0.3, 0.4) is 0 Å². The number of hydrogen-bond donors (Lipinski definition) is 2. The van der Waals surface area contributed by atoms with E-state index >= 15 is 0 Å². The molecule has 0 bridgehead atoms. The van der Waals surface area contributed by atoms with Gasteiger partial charge in [0, 0.05) is 11.3 Å². The first-order valence-corrected chi connectivity index (χ1v) is 7.86. The Morgan fingerprint density at radius 2 is 2.39 bits per heavy atom. The maximum absolute atomic E-state index is 12.6. The predicted octanol–water partition coefficient (Wildman–Crippen LogP) is 1.80. The molecule has 23 heavy (non-hydrogen) atoms. The van der Waals surface area contributed by atoms with Crippen LogP contribution in [0, 0.1) is 24.2 Å². The highest BCUT2D eigenvalue weighted by Crippen LogP contribution is 2.55. The van der Waals surface area contributed by atoms with Crippen molar-refractivity contribution >= 4 is 5.97 Å². The quantitative estimate of drug-likeness (QED) is 0.804. The van der Waals surface area contributed by atoms with Gasteiger partial charge in [-0.1, -0.05) is 12.8 Å². The van der Waals surface area contributed by atoms with Crippen molar-refractivity contribution in [3.63, 3.8) is 0 Å². The van der Waals surface area contributed by atoms with Gasteiger partial charge in [0.25, 0.3) is 0 Å². The zero-order valence-corrected chi connectivity index (χ0v) is 13.3. The van der Waals surface area contributed by atoms with Gasteiger partial charge in [-0.25, -0.2) is 0 Å². The summed E-state index contributed by atoms with van der Waals surface area (Å²) in [5.74, 6) is -0.359. The van der Waals surface area contributed by atoms with Gasteiger partial charge in [0.1, 0.15) is 11.6 Å². The van der Waals surface area contributed by atoms with Crippen molar-refractivity contribution in [1.29, 1.82) is 5.26 Å². The van der Waals surface area contributed by atoms with E-state index in [2.05, 4.69) is 16.3 Å². The van der Waals surface area contributed by atoms with E-state index in [1.807, 2.05) is 6.92 Å². The molecule has 3 rings (SSSR count). The number of aryl methyl sites for hydroxylation is 1. The first-order chi connectivity index (χ1) is 11.1. The Hall–Kier alpha value is -2.49. The minimum Gasteiger partial charge on any atom is -0.466 e. The van der Waals surface area contributed by atoms with Gasteiger partial charge in [-0.15, -0.1) is 5.10 Å². The third-order valence-electron chi connectivity index (χ3n) is 4.85. The third kappa shape index (κ3) is 2.09. The van der Waals surface area contributed by atoms with Crippen molar-refractivity contribution in [2.24, 2.45) is 11.7 Å². The van der Waals surface area contributed by atoms with E-state index < -0.39 is 11.3 Å². The molecule has 0 amide bonds. The molecule has 2 atom stereocenters. The number of nitrogens with one attached hydrogen (secondary N) is 1. The fourth-order valence-electron chi connectivity index (χ4n) is 3.99. The number of rotatable bonds is 2. The molecular weight excluding hydrogens is 296 g/mol. The molecule has 7 nitrogen and oxygen atoms in total. The number of allylic oxidation sites excluding steroid dienone is 1. The first-order valence-electron chi connectivity index (χ1n) is 7.86. The number of esters is 1. The Kier molecular flexibility index (Phi) is 3.76. The van der Waals surface area contributed by atoms with Crippen molar-refractivity contribution in [3.8, 4) is 11.9 Å². The van der Waals surface area contributed by atoms with Gasteiger partial charge in [-0.2, -0.15) is 5.26 Å². The van der Waals surface area contributed by atoms with Crippen molar-refractivity contribution in [2.75, 3.05) is 6.61 Å². The number of hydrogen-bond acceptors (Lipinski definition) is 6. The lowest BCUT2D eigenvalue weighted by atomic mass is 9.58. The molecule has 1 fully saturated rings. The Labute approximate surface area is 134 Å². The summed E-state index contributed by atoms with van der Waals surface area (Å²) >= 11 is 0. The van der Waals surface area contributed by atoms with Gasteiger partial charge in [0.05, 0.1) is 17.9 Å². The summed E-state index contributed by atoms with van der Waals surface area (Å²) in [7, 11) is 0. The molecule has 0 saturated heterocycles. The van der Waals surface area contributed by atoms with Crippen LogP contribution in [-0.4, -0.2) is 22.8 Å². The van der Waals surface area contributed by atoms with Crippen molar-refractivity contribution in [2.45, 2.75) is 44.9 Å². The number of nitriles is 1. The van der Waals surface area contributed by atoms with Gasteiger partial charge in [0.15, 0.2) is 0 Å². The zero-order valence-electron chi connectivity index (χ0n) is 13.3. The number of fused-ring (bicyclic) bond motifs is 2. The molecule has 0 aromatic carbocycles. The summed E-state index contributed by atoms with van der Waals surface area (Å²) in [6, 6.07) is 2.18. The van der Waals surface area contributed by atoms with E-state index in [1.165, 1.54) is 0 Å². The van der Waals surface area contributed by atoms with Gasteiger partial charge in [-0.05, 0) is 26.7 Å². The van der Waals surface area contributed by atoms with Crippen molar-refractivity contribution < 1.29 is 14.3 Å². The van der Waals surface area contributed by atoms with E-state index in [1.54, 1.807) is 6.92 Å². The van der Waals surface area contributed by atoms with E-state index in [9.17, 15) is 10.1 Å². The number of carbonyl (C=O) groups is 1. The van der Waals surface area contributed by atoms with Crippen LogP contribution in [0.5, 0.6) is 5.88 Å². The number of aromatic nitrogens is 2. The zero-order chi connectivity index (χ0) is 16.6. The highest BCUT2D eigenvalue weighted by molar-refractivity contribution is 5.78. The fourth-order valence-corrected chi connectivity index (χ4v) is 3.99. The molecule has 2 unspecified atom stereocenters. The summed E-state index contributed by atoms with van der Waals surface area (Å²) < 4.78 is 10.8. The average molecular weight is 316 g/mol. The predicted molar refractivity (Wildman–Crippen MR) is 81.0 cm³/mol. The largest absolute Gasteiger partial charge is 0.466 e. The van der Waals surface area contributed by atoms with Gasteiger partial charge in [-0.3, -0.25) is 9.89 Å². The van der Waals surface area contributed by atoms with Crippen molar-refractivity contribution in [1.82, 2.24) is 10.2 Å². The molecule has 122 valence electrons. The van der Waals surface area contributed by atoms with E-state index in [4.69, 9.17) is 15.2 Å². The molecule has 1 aromatic heterocycles. The van der Waals surface area contributed by atoms with Crippen LogP contribution < -0.4 is 10.5 Å². The Balaban J connectivity index is 2.24. The normalized spacial score (nSPS) is 26.4. The lowest BCUT2D eigenvalue weighted by Crippen LogP contribution is -2.47. The van der Waals surface area contributed by atoms with E-state index in [0.717, 1.165) is 24.1 Å². The molecule has 1 spiro atoms. The van der Waals surface area contributed by atoms with Crippen LogP contribution in [0.4, 0.5) is 0 Å². The number of carbonyl (C=O) groups excluding carboxylic acids is 1. The minimum atomic E-state index is -0.812. The highest BCUT2D eigenvalue weighted by Gasteiger charge is 2.55. The van der Waals surface area contributed by atoms with Crippen LogP contribution in [0.25, 0.3) is 0 Å². The number of ether oxygens (including phenoxy) is 2. The SMILES string of the molecule is CCOC(=O)C1CCCCC12C(C#N)=C(N)Oc1n[nH]c(C)c12. The molecule has 0 radical (unpaired) electrons. The summed E-state index contributed by atoms with van der Waals surface area (Å²) in [4.78, 5) is 12.6. The molecule has 3 N–H and O–H groups in total. The van der Waals surface area contributed by atoms with Crippen molar-refractivity contribution in [3.05, 3.63) is 22.7 Å². The molecule has 2 heterocycles. The second-order valence-electron chi connectivity index (χ2n) is 6.00. The molecule has 2 aliphatic rings. The second-order valence-corrected chi connectivity index (χ2v) is 6.00. The number of nitrogens with zero attached hydrogens (tertiary/aromatic N) is 2. The molecular formula is C16H20N4O3. The van der Waals surface area contributed by atoms with E-state index in [-0.39, 0.29) is 11.9 Å². The number of H-pyrrole nitrogens is 1. The summed E-state index contributed by atoms with van der Waals surface area (Å²) in [5.41, 5.74) is 7.04. The second kappa shape index (κ2) is 5.61. The van der Waals surface area contributed by atoms with Gasteiger partial charge >= 0.3 is 5.97 Å². The minimum absolute atomic E-state index is 0.0303. The van der Waals surface area contributed by atoms with Crippen LogP contribution in [0.2, 0.25) is 0 Å². The first kappa shape index (κ1) is 15.4. The molecule has 7 heteroatoms. The van der Waals surface area contributed by atoms with Crippen LogP contribution >= 0.6 is 0 Å². The Morgan fingerprint density at radius 3 is 3.09 bits per heavy atom. The fraction of sp³-hybridized carbons (Fsp3) is 0.562. The smallest absolute Gasteiger partial charge is 0.310 e. The standard InChI is InChI=1S/C16H20N4O3/c1-3-22-15(21)10-6-4-5-7-16(10)11(8-17)13(18)23-14-12(16)9(2)19-20-14/h10H,3-7,18H2,1-2H3,(H,19,20). The summed E-state index contributed by atoms with van der Waals surface area (Å²) in [6.07, 6.45) is 3.12. The van der Waals surface area contributed by atoms with E-state index in [0.29, 0.717) is 30.9 Å². The lowest BCUT2D eigenvalue weighted by Gasteiger charge is -2.44. The molecule has 1 aromatic rings. The molecule has 1 aliphatic carbocycles. The Morgan fingerprint density at radius 1 is 1.61 bits per heavy atom. The average Bonchev–Trinajstić information content (AvgIpc) is 2.89. The van der Waals surface area contributed by atoms with Crippen LogP contribution in [0.15, 0.2) is 11.5 Å². The maximum atomic E-state index is 12.6. The lowest BCUT2D eigenvalue weighted by molar-refractivity contribution is -0.151. The monoisotopic (exact) mass is 316 g/mol. The third-order valence-corrected chi connectivity index (χ3v) is 4.85. The number of aromatic amines is 1. The van der Waals surface area contributed by atoms with Crippen LogP contribution in [-0.2, 0) is 14.9 Å². The van der Waals surface area contributed by atoms with Gasteiger partial charge < -0.3 is 15.2 Å². The maximum Gasteiger partial charge on any atom is 0.310 e. The highest BCUT2D eigenvalue weighted by atomic mass is 16.5.